The Labute approximate surface area is 120 Å². The van der Waals surface area contributed by atoms with Crippen molar-refractivity contribution in [3.05, 3.63) is 22.2 Å². The zero-order valence-electron chi connectivity index (χ0n) is 12.0. The maximum absolute atomic E-state index is 11.9. The molecular weight excluding hydrogens is 282 g/mol. The summed E-state index contributed by atoms with van der Waals surface area (Å²) >= 11 is 0. The summed E-state index contributed by atoms with van der Waals surface area (Å²) in [4.78, 5) is 35.2. The predicted octanol–water partition coefficient (Wildman–Crippen LogP) is 1.15. The van der Waals surface area contributed by atoms with Gasteiger partial charge in [-0.25, -0.2) is 19.8 Å². The first-order chi connectivity index (χ1) is 9.90. The maximum Gasteiger partial charge on any atom is 0.433 e. The summed E-state index contributed by atoms with van der Waals surface area (Å²) in [7, 11) is 0. The molecule has 0 aliphatic heterocycles. The summed E-state index contributed by atoms with van der Waals surface area (Å²) < 4.78 is 14.3. The molecule has 0 aliphatic rings. The molecule has 21 heavy (non-hydrogen) atoms. The van der Waals surface area contributed by atoms with Crippen LogP contribution in [-0.4, -0.2) is 25.4 Å². The van der Waals surface area contributed by atoms with Gasteiger partial charge in [0.05, 0.1) is 18.9 Å². The number of hydrogen-bond acceptors (Lipinski definition) is 7. The Balaban J connectivity index is 3.21. The lowest BCUT2D eigenvalue weighted by Crippen LogP contribution is -2.49. The number of ether oxygens (including phenoxy) is 2. The molecular formula is C12H17N3O6. The number of nitrogens with two attached hydrogens (primary N) is 1. The third-order valence-electron chi connectivity index (χ3n) is 2.23. The number of rotatable bonds is 3. The SMILES string of the molecule is CCOC(=O)NN(C(=O)OCC)c1c(N)cc(C)oc1=O. The second kappa shape index (κ2) is 7.17. The number of nitrogens with one attached hydrogen (secondary N) is 1. The first kappa shape index (κ1) is 16.3. The van der Waals surface area contributed by atoms with Crippen LogP contribution in [0.2, 0.25) is 0 Å². The van der Waals surface area contributed by atoms with E-state index in [9.17, 15) is 14.4 Å². The van der Waals surface area contributed by atoms with Gasteiger partial charge in [0, 0.05) is 6.07 Å². The van der Waals surface area contributed by atoms with E-state index in [2.05, 4.69) is 10.2 Å². The number of hydrazine groups is 1. The zero-order valence-corrected chi connectivity index (χ0v) is 12.0. The summed E-state index contributed by atoms with van der Waals surface area (Å²) in [5.74, 6) is 0.265. The van der Waals surface area contributed by atoms with Gasteiger partial charge >= 0.3 is 17.8 Å². The number of nitrogens with zero attached hydrogens (tertiary/aromatic N) is 1. The third-order valence-corrected chi connectivity index (χ3v) is 2.23. The number of nitrogen functional groups attached to an aromatic ring is 1. The van der Waals surface area contributed by atoms with E-state index >= 15 is 0 Å². The van der Waals surface area contributed by atoms with Crippen LogP contribution in [-0.2, 0) is 9.47 Å². The van der Waals surface area contributed by atoms with Crippen molar-refractivity contribution in [1.29, 1.82) is 0 Å². The molecule has 0 aromatic carbocycles. The summed E-state index contributed by atoms with van der Waals surface area (Å²) in [6.45, 7) is 4.80. The monoisotopic (exact) mass is 299 g/mol. The van der Waals surface area contributed by atoms with Crippen LogP contribution in [0.15, 0.2) is 15.3 Å². The topological polar surface area (TPSA) is 124 Å². The Morgan fingerprint density at radius 1 is 1.33 bits per heavy atom. The van der Waals surface area contributed by atoms with Gasteiger partial charge in [-0.05, 0) is 20.8 Å². The average molecular weight is 299 g/mol. The second-order valence-corrected chi connectivity index (χ2v) is 3.82. The number of carbonyl (C=O) groups is 2. The van der Waals surface area contributed by atoms with E-state index in [0.29, 0.717) is 5.01 Å². The van der Waals surface area contributed by atoms with Crippen molar-refractivity contribution in [2.75, 3.05) is 24.0 Å². The van der Waals surface area contributed by atoms with Gasteiger partial charge in [0.2, 0.25) is 0 Å². The first-order valence-electron chi connectivity index (χ1n) is 6.21. The van der Waals surface area contributed by atoms with Crippen LogP contribution in [0.25, 0.3) is 0 Å². The molecule has 1 aromatic rings. The molecule has 0 atom stereocenters. The fourth-order valence-corrected chi connectivity index (χ4v) is 1.49. The minimum atomic E-state index is -0.992. The van der Waals surface area contributed by atoms with Crippen LogP contribution in [0.3, 0.4) is 0 Å². The van der Waals surface area contributed by atoms with Crippen LogP contribution in [0.5, 0.6) is 0 Å². The van der Waals surface area contributed by atoms with Crippen LogP contribution < -0.4 is 21.8 Å². The molecule has 0 saturated heterocycles. The highest BCUT2D eigenvalue weighted by molar-refractivity contribution is 5.93. The van der Waals surface area contributed by atoms with Crippen molar-refractivity contribution in [2.45, 2.75) is 20.8 Å². The number of anilines is 2. The highest BCUT2D eigenvalue weighted by atomic mass is 16.6. The van der Waals surface area contributed by atoms with E-state index in [1.807, 2.05) is 0 Å². The van der Waals surface area contributed by atoms with Crippen molar-refractivity contribution in [2.24, 2.45) is 0 Å². The number of amides is 2. The highest BCUT2D eigenvalue weighted by Crippen LogP contribution is 2.19. The quantitative estimate of drug-likeness (QED) is 0.802. The minimum Gasteiger partial charge on any atom is -0.449 e. The first-order valence-corrected chi connectivity index (χ1v) is 6.21. The van der Waals surface area contributed by atoms with Crippen LogP contribution in [0.1, 0.15) is 19.6 Å². The van der Waals surface area contributed by atoms with Gasteiger partial charge in [-0.1, -0.05) is 0 Å². The molecule has 9 nitrogen and oxygen atoms in total. The Morgan fingerprint density at radius 2 is 1.95 bits per heavy atom. The van der Waals surface area contributed by atoms with E-state index in [1.54, 1.807) is 13.8 Å². The smallest absolute Gasteiger partial charge is 0.433 e. The van der Waals surface area contributed by atoms with Crippen LogP contribution in [0.4, 0.5) is 21.0 Å². The van der Waals surface area contributed by atoms with E-state index in [-0.39, 0.29) is 30.3 Å². The van der Waals surface area contributed by atoms with E-state index in [1.165, 1.54) is 13.0 Å². The van der Waals surface area contributed by atoms with Gasteiger partial charge in [0.15, 0.2) is 5.69 Å². The number of aryl methyl sites for hydroxylation is 1. The Morgan fingerprint density at radius 3 is 2.48 bits per heavy atom. The molecule has 2 amide bonds. The van der Waals surface area contributed by atoms with Crippen molar-refractivity contribution < 1.29 is 23.5 Å². The lowest BCUT2D eigenvalue weighted by atomic mass is 10.3. The van der Waals surface area contributed by atoms with Crippen molar-refractivity contribution in [3.8, 4) is 0 Å². The molecule has 1 heterocycles. The Hall–Kier alpha value is -2.71. The molecule has 1 rings (SSSR count). The summed E-state index contributed by atoms with van der Waals surface area (Å²) in [5, 5.41) is 0.558. The van der Waals surface area contributed by atoms with Gasteiger partial charge < -0.3 is 19.6 Å². The van der Waals surface area contributed by atoms with E-state index < -0.39 is 17.8 Å². The molecule has 0 bridgehead atoms. The van der Waals surface area contributed by atoms with Gasteiger partial charge in [-0.15, -0.1) is 0 Å². The fraction of sp³-hybridized carbons (Fsp3) is 0.417. The molecule has 3 N–H and O–H groups in total. The lowest BCUT2D eigenvalue weighted by molar-refractivity contribution is 0.138. The molecule has 0 unspecified atom stereocenters. The largest absolute Gasteiger partial charge is 0.449 e. The van der Waals surface area contributed by atoms with Gasteiger partial charge in [-0.3, -0.25) is 0 Å². The minimum absolute atomic E-state index is 0.0386. The molecule has 0 radical (unpaired) electrons. The van der Waals surface area contributed by atoms with E-state index in [0.717, 1.165) is 0 Å². The maximum atomic E-state index is 11.9. The molecule has 116 valence electrons. The molecule has 0 spiro atoms. The van der Waals surface area contributed by atoms with Crippen LogP contribution >= 0.6 is 0 Å². The van der Waals surface area contributed by atoms with Crippen molar-refractivity contribution >= 4 is 23.6 Å². The standard InChI is InChI=1S/C12H17N3O6/c1-4-19-11(17)14-15(12(18)20-5-2)9-8(13)6-7(3)21-10(9)16/h6H,4-5,13H2,1-3H3,(H,14,17). The fourth-order valence-electron chi connectivity index (χ4n) is 1.49. The van der Waals surface area contributed by atoms with Gasteiger partial charge in [0.25, 0.3) is 0 Å². The molecule has 1 aromatic heterocycles. The summed E-state index contributed by atoms with van der Waals surface area (Å²) in [6, 6.07) is 1.34. The Bertz CT molecular complexity index is 583. The predicted molar refractivity (Wildman–Crippen MR) is 73.8 cm³/mol. The van der Waals surface area contributed by atoms with E-state index in [4.69, 9.17) is 14.9 Å². The molecule has 9 heteroatoms. The van der Waals surface area contributed by atoms with Gasteiger partial charge in [-0.2, -0.15) is 5.01 Å². The number of carbonyl (C=O) groups excluding carboxylic acids is 2. The molecule has 0 fully saturated rings. The summed E-state index contributed by atoms with van der Waals surface area (Å²) in [6.07, 6.45) is -1.93. The Kier molecular flexibility index (Phi) is 5.58. The highest BCUT2D eigenvalue weighted by Gasteiger charge is 2.26. The molecule has 0 saturated carbocycles. The lowest BCUT2D eigenvalue weighted by Gasteiger charge is -2.21. The van der Waals surface area contributed by atoms with Crippen LogP contribution in [0, 0.1) is 6.92 Å². The number of hydrogen-bond donors (Lipinski definition) is 2. The molecule has 0 aliphatic carbocycles. The van der Waals surface area contributed by atoms with Crippen molar-refractivity contribution in [1.82, 2.24) is 5.43 Å². The second-order valence-electron chi connectivity index (χ2n) is 3.82. The zero-order chi connectivity index (χ0) is 16.0. The average Bonchev–Trinajstić information content (AvgIpc) is 2.36. The summed E-state index contributed by atoms with van der Waals surface area (Å²) in [5.41, 5.74) is 6.49. The van der Waals surface area contributed by atoms with Gasteiger partial charge in [0.1, 0.15) is 5.76 Å². The van der Waals surface area contributed by atoms with Crippen molar-refractivity contribution in [3.63, 3.8) is 0 Å². The third kappa shape index (κ3) is 4.13. The normalized spacial score (nSPS) is 9.86.